The molecule has 1 fully saturated rings. The van der Waals surface area contributed by atoms with Gasteiger partial charge in [0.2, 0.25) is 0 Å². The van der Waals surface area contributed by atoms with E-state index in [0.29, 0.717) is 0 Å². The molecule has 0 spiro atoms. The highest BCUT2D eigenvalue weighted by Crippen LogP contribution is 2.13. The van der Waals surface area contributed by atoms with E-state index >= 15 is 0 Å². The third-order valence-electron chi connectivity index (χ3n) is 1.94. The number of hydrogen-bond acceptors (Lipinski definition) is 2. The van der Waals surface area contributed by atoms with Crippen LogP contribution in [0, 0.1) is 0 Å². The minimum atomic E-state index is 0.107. The van der Waals surface area contributed by atoms with E-state index in [-0.39, 0.29) is 6.29 Å². The minimum absolute atomic E-state index is 0.107. The molecule has 0 bridgehead atoms. The predicted octanol–water partition coefficient (Wildman–Crippen LogP) is 2.33. The molecule has 0 N–H and O–H groups in total. The number of ether oxygens (including phenoxy) is 2. The molecule has 11 heavy (non-hydrogen) atoms. The van der Waals surface area contributed by atoms with Crippen molar-refractivity contribution in [3.63, 3.8) is 0 Å². The molecule has 1 unspecified atom stereocenters. The van der Waals surface area contributed by atoms with E-state index in [1.165, 1.54) is 19.3 Å². The molecule has 0 aliphatic carbocycles. The van der Waals surface area contributed by atoms with E-state index < -0.39 is 0 Å². The molecule has 0 aromatic carbocycles. The quantitative estimate of drug-likeness (QED) is 0.585. The molecule has 2 nitrogen and oxygen atoms in total. The maximum absolute atomic E-state index is 5.50. The zero-order valence-electron chi connectivity index (χ0n) is 7.34. The SMILES string of the molecule is CCCCOC1CCCCO1. The van der Waals surface area contributed by atoms with Gasteiger partial charge in [-0.2, -0.15) is 0 Å². The third-order valence-corrected chi connectivity index (χ3v) is 1.94. The van der Waals surface area contributed by atoms with Crippen molar-refractivity contribution in [3.8, 4) is 0 Å². The topological polar surface area (TPSA) is 18.5 Å². The lowest BCUT2D eigenvalue weighted by Crippen LogP contribution is -2.22. The van der Waals surface area contributed by atoms with E-state index in [1.807, 2.05) is 0 Å². The van der Waals surface area contributed by atoms with Gasteiger partial charge in [-0.05, 0) is 25.7 Å². The van der Waals surface area contributed by atoms with E-state index in [2.05, 4.69) is 6.92 Å². The Labute approximate surface area is 68.9 Å². The van der Waals surface area contributed by atoms with E-state index in [1.54, 1.807) is 0 Å². The van der Waals surface area contributed by atoms with Gasteiger partial charge in [-0.25, -0.2) is 0 Å². The lowest BCUT2D eigenvalue weighted by Gasteiger charge is -2.22. The number of rotatable bonds is 4. The summed E-state index contributed by atoms with van der Waals surface area (Å²) in [5.74, 6) is 0. The molecule has 1 atom stereocenters. The standard InChI is InChI=1S/C9H18O2/c1-2-3-7-10-9-6-4-5-8-11-9/h9H,2-8H2,1H3. The second-order valence-corrected chi connectivity index (χ2v) is 3.02. The van der Waals surface area contributed by atoms with Crippen LogP contribution in [0.3, 0.4) is 0 Å². The van der Waals surface area contributed by atoms with Crippen molar-refractivity contribution in [2.45, 2.75) is 45.3 Å². The molecular weight excluding hydrogens is 140 g/mol. The minimum Gasteiger partial charge on any atom is -0.353 e. The fourth-order valence-electron chi connectivity index (χ4n) is 1.20. The fraction of sp³-hybridized carbons (Fsp3) is 1.00. The Morgan fingerprint density at radius 3 is 3.00 bits per heavy atom. The monoisotopic (exact) mass is 158 g/mol. The highest BCUT2D eigenvalue weighted by atomic mass is 16.7. The van der Waals surface area contributed by atoms with E-state index in [4.69, 9.17) is 9.47 Å². The molecule has 1 heterocycles. The Morgan fingerprint density at radius 1 is 1.45 bits per heavy atom. The number of hydrogen-bond donors (Lipinski definition) is 0. The summed E-state index contributed by atoms with van der Waals surface area (Å²) in [6, 6.07) is 0. The Hall–Kier alpha value is -0.0800. The van der Waals surface area contributed by atoms with Crippen LogP contribution in [0.1, 0.15) is 39.0 Å². The summed E-state index contributed by atoms with van der Waals surface area (Å²) in [6.45, 7) is 3.92. The van der Waals surface area contributed by atoms with Crippen molar-refractivity contribution in [2.24, 2.45) is 0 Å². The molecule has 0 aromatic rings. The van der Waals surface area contributed by atoms with E-state index in [9.17, 15) is 0 Å². The summed E-state index contributed by atoms with van der Waals surface area (Å²) in [4.78, 5) is 0. The Kier molecular flexibility index (Phi) is 4.55. The summed E-state index contributed by atoms with van der Waals surface area (Å²) in [6.07, 6.45) is 6.01. The maximum Gasteiger partial charge on any atom is 0.157 e. The molecule has 1 rings (SSSR count). The molecule has 1 aliphatic rings. The molecule has 66 valence electrons. The second kappa shape index (κ2) is 5.56. The second-order valence-electron chi connectivity index (χ2n) is 3.02. The molecule has 2 heteroatoms. The van der Waals surface area contributed by atoms with Crippen LogP contribution in [0.2, 0.25) is 0 Å². The zero-order valence-corrected chi connectivity index (χ0v) is 7.34. The highest BCUT2D eigenvalue weighted by Gasteiger charge is 2.12. The summed E-state index contributed by atoms with van der Waals surface area (Å²) in [5, 5.41) is 0. The Bertz CT molecular complexity index is 87.6. The van der Waals surface area contributed by atoms with Gasteiger partial charge >= 0.3 is 0 Å². The molecule has 0 amide bonds. The summed E-state index contributed by atoms with van der Waals surface area (Å²) < 4.78 is 10.9. The van der Waals surface area contributed by atoms with Crippen LogP contribution in [-0.2, 0) is 9.47 Å². The normalized spacial score (nSPS) is 25.4. The van der Waals surface area contributed by atoms with Gasteiger partial charge in [0.15, 0.2) is 6.29 Å². The summed E-state index contributed by atoms with van der Waals surface area (Å²) >= 11 is 0. The van der Waals surface area contributed by atoms with Crippen LogP contribution >= 0.6 is 0 Å². The van der Waals surface area contributed by atoms with Crippen LogP contribution < -0.4 is 0 Å². The average molecular weight is 158 g/mol. The smallest absolute Gasteiger partial charge is 0.157 e. The first-order valence-electron chi connectivity index (χ1n) is 4.66. The summed E-state index contributed by atoms with van der Waals surface area (Å²) in [7, 11) is 0. The molecule has 0 aromatic heterocycles. The van der Waals surface area contributed by atoms with Crippen LogP contribution in [-0.4, -0.2) is 19.5 Å². The van der Waals surface area contributed by atoms with Crippen molar-refractivity contribution in [2.75, 3.05) is 13.2 Å². The van der Waals surface area contributed by atoms with Crippen molar-refractivity contribution < 1.29 is 9.47 Å². The van der Waals surface area contributed by atoms with Crippen LogP contribution in [0.25, 0.3) is 0 Å². The number of unbranched alkanes of at least 4 members (excludes halogenated alkanes) is 1. The largest absolute Gasteiger partial charge is 0.353 e. The first-order valence-corrected chi connectivity index (χ1v) is 4.66. The average Bonchev–Trinajstić information content (AvgIpc) is 2.07. The van der Waals surface area contributed by atoms with Gasteiger partial charge in [-0.15, -0.1) is 0 Å². The summed E-state index contributed by atoms with van der Waals surface area (Å²) in [5.41, 5.74) is 0. The van der Waals surface area contributed by atoms with Gasteiger partial charge in [0.1, 0.15) is 0 Å². The third kappa shape index (κ3) is 3.73. The molecular formula is C9H18O2. The highest BCUT2D eigenvalue weighted by molar-refractivity contribution is 4.53. The van der Waals surface area contributed by atoms with Gasteiger partial charge in [0.25, 0.3) is 0 Å². The molecule has 0 radical (unpaired) electrons. The van der Waals surface area contributed by atoms with Crippen molar-refractivity contribution in [1.82, 2.24) is 0 Å². The first-order chi connectivity index (χ1) is 5.43. The molecule has 0 saturated carbocycles. The van der Waals surface area contributed by atoms with Crippen LogP contribution in [0.4, 0.5) is 0 Å². The van der Waals surface area contributed by atoms with Gasteiger partial charge in [-0.3, -0.25) is 0 Å². The van der Waals surface area contributed by atoms with E-state index in [0.717, 1.165) is 26.1 Å². The van der Waals surface area contributed by atoms with Crippen molar-refractivity contribution in [3.05, 3.63) is 0 Å². The molecule has 1 aliphatic heterocycles. The predicted molar refractivity (Wildman–Crippen MR) is 44.5 cm³/mol. The van der Waals surface area contributed by atoms with Crippen LogP contribution in [0.15, 0.2) is 0 Å². The van der Waals surface area contributed by atoms with Crippen molar-refractivity contribution in [1.29, 1.82) is 0 Å². The lowest BCUT2D eigenvalue weighted by molar-refractivity contribution is -0.162. The van der Waals surface area contributed by atoms with Gasteiger partial charge < -0.3 is 9.47 Å². The first kappa shape index (κ1) is 9.01. The van der Waals surface area contributed by atoms with Crippen LogP contribution in [0.5, 0.6) is 0 Å². The van der Waals surface area contributed by atoms with Crippen molar-refractivity contribution >= 4 is 0 Å². The van der Waals surface area contributed by atoms with Gasteiger partial charge in [0.05, 0.1) is 0 Å². The lowest BCUT2D eigenvalue weighted by atomic mass is 10.2. The fourth-order valence-corrected chi connectivity index (χ4v) is 1.20. The zero-order chi connectivity index (χ0) is 7.94. The van der Waals surface area contributed by atoms with Gasteiger partial charge in [-0.1, -0.05) is 13.3 Å². The van der Waals surface area contributed by atoms with Gasteiger partial charge in [0, 0.05) is 13.2 Å². The molecule has 1 saturated heterocycles. The maximum atomic E-state index is 5.50. The Morgan fingerprint density at radius 2 is 2.36 bits per heavy atom. The Balaban J connectivity index is 1.96.